The molecule has 0 unspecified atom stereocenters. The van der Waals surface area contributed by atoms with Crippen molar-refractivity contribution in [2.45, 2.75) is 171 Å². The number of aliphatic hydroxyl groups is 1. The molecule has 0 saturated carbocycles. The average Bonchev–Trinajstić information content (AvgIpc) is 1.72. The van der Waals surface area contributed by atoms with Gasteiger partial charge >= 0.3 is 0 Å². The number of para-hydroxylation sites is 2. The third kappa shape index (κ3) is 29.0. The molecule has 0 aliphatic carbocycles. The predicted octanol–water partition coefficient (Wildman–Crippen LogP) is -3.34. The minimum Gasteiger partial charge on any atom is -0.508 e. The van der Waals surface area contributed by atoms with Crippen molar-refractivity contribution in [3.05, 3.63) is 138 Å². The van der Waals surface area contributed by atoms with Crippen LogP contribution in [-0.4, -0.2) is 205 Å². The Morgan fingerprint density at radius 3 is 1.16 bits per heavy atom. The number of aromatic amines is 2. The van der Waals surface area contributed by atoms with Crippen LogP contribution in [0.3, 0.4) is 0 Å². The van der Waals surface area contributed by atoms with Crippen LogP contribution in [0.25, 0.3) is 21.8 Å². The molecule has 6 aromatic rings. The van der Waals surface area contributed by atoms with Crippen LogP contribution in [0.5, 0.6) is 5.75 Å². The number of amides is 16. The van der Waals surface area contributed by atoms with Gasteiger partial charge in [0.05, 0.1) is 19.1 Å². The summed E-state index contributed by atoms with van der Waals surface area (Å²) in [6.45, 7) is 5.32. The molecule has 0 fully saturated rings. The maximum absolute atomic E-state index is 15.2. The zero-order valence-corrected chi connectivity index (χ0v) is 64.3. The molecule has 24 N–H and O–H groups in total. The number of fused-ring (bicyclic) bond motifs is 2. The van der Waals surface area contributed by atoms with Gasteiger partial charge in [0.2, 0.25) is 94.5 Å². The summed E-state index contributed by atoms with van der Waals surface area (Å²) in [5, 5.41) is 52.7. The number of primary amides is 4. The first-order valence-electron chi connectivity index (χ1n) is 36.2. The molecule has 4 aromatic carbocycles. The fraction of sp³-hybridized carbons (Fsp3) is 0.413. The second-order valence-electron chi connectivity index (χ2n) is 27.4. The standard InChI is InChI=1S/C75H98N18O18S2/c1-38(2)18-23-50(66(102)87-53(28-41-12-6-5-7-13-41)70(106)90-57(32-62(78)99)65(101)82-35-63(79)100)84-71(107)55(30-43-33-80-48-16-10-8-14-46(43)48)89-69(105)54(29-42-19-21-45(96)22-20-42)88-74(110)59(37-113)92-67(103)51(24-26-60(76)97)85-72(108)56(31-44-34-81-49-17-11-9-15-47(44)49)91-75(111)64(39(3)94)93-68(104)52(25-27-61(77)98)86-73(109)58(36-112)83-40(4)95/h5-17,19-22,33-34,38-39,50-59,64,80-81,94,96,112-113H,18,23-32,35-37H2,1-4H3,(H2,76,97)(H2,77,98)(H2,78,99)(H2,79,100)(H,82,101)(H,83,95)(H,84,107)(H,85,108)(H,86,109)(H,87,102)(H,88,110)(H,89,105)(H,90,106)(H,91,111)(H,92,103)(H,93,104)/t39-,50+,51+,52+,53+,54+,55+,56+,57+,58+,59+,64+/m1/s1. The lowest BCUT2D eigenvalue weighted by Gasteiger charge is -2.29. The van der Waals surface area contributed by atoms with Gasteiger partial charge in [0.1, 0.15) is 72.2 Å². The molecule has 2 heterocycles. The van der Waals surface area contributed by atoms with Crippen molar-refractivity contribution >= 4 is 142 Å². The fourth-order valence-corrected chi connectivity index (χ4v) is 12.4. The number of phenolic OH excluding ortho intramolecular Hbond substituents is 1. The van der Waals surface area contributed by atoms with Crippen molar-refractivity contribution in [2.24, 2.45) is 28.9 Å². The summed E-state index contributed by atoms with van der Waals surface area (Å²) >= 11 is 8.48. The van der Waals surface area contributed by atoms with E-state index in [4.69, 9.17) is 22.9 Å². The van der Waals surface area contributed by atoms with E-state index in [0.29, 0.717) is 50.5 Å². The molecule has 0 bridgehead atoms. The molecule has 113 heavy (non-hydrogen) atoms. The van der Waals surface area contributed by atoms with Crippen LogP contribution in [0.1, 0.15) is 94.9 Å². The van der Waals surface area contributed by atoms with E-state index < -0.39 is 211 Å². The van der Waals surface area contributed by atoms with E-state index in [-0.39, 0.29) is 49.5 Å². The van der Waals surface area contributed by atoms with Crippen molar-refractivity contribution in [3.8, 4) is 5.75 Å². The lowest BCUT2D eigenvalue weighted by atomic mass is 9.99. The monoisotopic (exact) mass is 1600 g/mol. The second-order valence-corrected chi connectivity index (χ2v) is 28.1. The first-order chi connectivity index (χ1) is 53.6. The van der Waals surface area contributed by atoms with Crippen LogP contribution in [-0.2, 0) is 102 Å². The van der Waals surface area contributed by atoms with Gasteiger partial charge in [-0.05, 0) is 85.0 Å². The largest absolute Gasteiger partial charge is 0.508 e. The van der Waals surface area contributed by atoms with E-state index in [9.17, 15) is 77.3 Å². The number of carbonyl (C=O) groups excluding carboxylic acids is 16. The van der Waals surface area contributed by atoms with Gasteiger partial charge in [-0.15, -0.1) is 0 Å². The number of thiol groups is 2. The highest BCUT2D eigenvalue weighted by Crippen LogP contribution is 2.23. The summed E-state index contributed by atoms with van der Waals surface area (Å²) in [6.07, 6.45) is -2.19. The Morgan fingerprint density at radius 2 is 0.743 bits per heavy atom. The van der Waals surface area contributed by atoms with Gasteiger partial charge in [-0.1, -0.05) is 92.7 Å². The Labute approximate surface area is 660 Å². The number of rotatable bonds is 46. The van der Waals surface area contributed by atoms with Crippen molar-refractivity contribution < 1.29 is 86.9 Å². The highest BCUT2D eigenvalue weighted by molar-refractivity contribution is 7.80. The number of hydrogen-bond donors (Lipinski definition) is 22. The van der Waals surface area contributed by atoms with Crippen LogP contribution in [0.15, 0.2) is 116 Å². The SMILES string of the molecule is CC(=O)N[C@@H](CS)C(=O)N[C@@H](CCC(N)=O)C(=O)N[C@H](C(=O)N[C@@H](Cc1c[nH]c2ccccc12)C(=O)N[C@@H](CCC(N)=O)C(=O)N[C@@H](CS)C(=O)N[C@@H](Cc1ccc(O)cc1)C(=O)N[C@@H](Cc1c[nH]c2ccccc12)C(=O)N[C@@H](CCC(C)C)C(=O)N[C@@H](Cc1ccccc1)C(=O)N[C@@H](CC(N)=O)C(=O)NCC(N)=O)[C@@H](C)O. The topological polar surface area (TPSA) is 594 Å². The van der Waals surface area contributed by atoms with Crippen molar-refractivity contribution in [2.75, 3.05) is 18.1 Å². The van der Waals surface area contributed by atoms with E-state index >= 15 is 9.59 Å². The maximum atomic E-state index is 15.2. The number of nitrogens with one attached hydrogen (secondary N) is 14. The van der Waals surface area contributed by atoms with Crippen molar-refractivity contribution in [3.63, 3.8) is 0 Å². The highest BCUT2D eigenvalue weighted by atomic mass is 32.1. The summed E-state index contributed by atoms with van der Waals surface area (Å²) in [6, 6.07) is 9.98. The molecule has 36 nitrogen and oxygen atoms in total. The van der Waals surface area contributed by atoms with Crippen molar-refractivity contribution in [1.82, 2.24) is 73.8 Å². The quantitative estimate of drug-likeness (QED) is 0.0166. The van der Waals surface area contributed by atoms with Crippen LogP contribution >= 0.6 is 25.3 Å². The molecule has 38 heteroatoms. The molecule has 6 rings (SSSR count). The molecular weight excluding hydrogens is 1510 g/mol. The first kappa shape index (κ1) is 89.8. The number of aromatic nitrogens is 2. The number of phenols is 1. The second kappa shape index (κ2) is 44.1. The van der Waals surface area contributed by atoms with Gasteiger partial charge in [-0.2, -0.15) is 25.3 Å². The molecule has 0 saturated heterocycles. The Morgan fingerprint density at radius 1 is 0.381 bits per heavy atom. The summed E-state index contributed by atoms with van der Waals surface area (Å²) in [5.41, 5.74) is 24.7. The minimum atomic E-state index is -1.91. The third-order valence-electron chi connectivity index (χ3n) is 17.9. The highest BCUT2D eigenvalue weighted by Gasteiger charge is 2.39. The van der Waals surface area contributed by atoms with Crippen molar-refractivity contribution in [1.29, 1.82) is 0 Å². The molecule has 0 radical (unpaired) electrons. The lowest BCUT2D eigenvalue weighted by Crippen LogP contribution is -2.62. The summed E-state index contributed by atoms with van der Waals surface area (Å²) in [4.78, 5) is 225. The minimum absolute atomic E-state index is 0.0462. The van der Waals surface area contributed by atoms with Gasteiger partial charge in [0, 0.05) is 91.2 Å². The smallest absolute Gasteiger partial charge is 0.245 e. The Hall–Kier alpha value is -12.1. The third-order valence-corrected chi connectivity index (χ3v) is 18.6. The number of benzene rings is 4. The molecule has 12 atom stereocenters. The molecule has 608 valence electrons. The van der Waals surface area contributed by atoms with E-state index in [0.717, 1.165) is 13.8 Å². The number of aliphatic hydroxyl groups excluding tert-OH is 1. The maximum Gasteiger partial charge on any atom is 0.245 e. The molecule has 0 spiro atoms. The molecule has 0 aliphatic heterocycles. The van der Waals surface area contributed by atoms with Gasteiger partial charge in [0.25, 0.3) is 0 Å². The lowest BCUT2D eigenvalue weighted by molar-refractivity contribution is -0.137. The van der Waals surface area contributed by atoms with Gasteiger partial charge in [-0.3, -0.25) is 76.7 Å². The predicted molar refractivity (Wildman–Crippen MR) is 419 cm³/mol. The van der Waals surface area contributed by atoms with Crippen LogP contribution in [0, 0.1) is 5.92 Å². The van der Waals surface area contributed by atoms with Crippen LogP contribution in [0.4, 0.5) is 0 Å². The van der Waals surface area contributed by atoms with Crippen LogP contribution in [0.2, 0.25) is 0 Å². The average molecular weight is 1600 g/mol. The zero-order chi connectivity index (χ0) is 83.2. The Balaban J connectivity index is 1.30. The summed E-state index contributed by atoms with van der Waals surface area (Å²) in [5.74, 6) is -16.6. The molecule has 2 aromatic heterocycles. The Kier molecular flexibility index (Phi) is 35.1. The van der Waals surface area contributed by atoms with Gasteiger partial charge in [-0.25, -0.2) is 0 Å². The normalized spacial score (nSPS) is 14.3. The molecule has 16 amide bonds. The number of hydrogen-bond acceptors (Lipinski definition) is 20. The number of aromatic hydroxyl groups is 1. The van der Waals surface area contributed by atoms with E-state index in [1.165, 1.54) is 30.5 Å². The van der Waals surface area contributed by atoms with E-state index in [1.54, 1.807) is 85.1 Å². The molecular formula is C75H98N18O18S2. The van der Waals surface area contributed by atoms with Gasteiger partial charge in [0.15, 0.2) is 0 Å². The number of carbonyl (C=O) groups is 16. The zero-order valence-electron chi connectivity index (χ0n) is 62.5. The summed E-state index contributed by atoms with van der Waals surface area (Å²) < 4.78 is 0. The van der Waals surface area contributed by atoms with Crippen LogP contribution < -0.4 is 86.7 Å². The number of H-pyrrole nitrogens is 2. The fourth-order valence-electron chi connectivity index (χ4n) is 11.9. The molecule has 0 aliphatic rings. The Bertz CT molecular complexity index is 4390. The van der Waals surface area contributed by atoms with E-state index in [1.807, 2.05) is 13.8 Å². The van der Waals surface area contributed by atoms with E-state index in [2.05, 4.69) is 99.0 Å². The summed E-state index contributed by atoms with van der Waals surface area (Å²) in [7, 11) is 0. The first-order valence-corrected chi connectivity index (χ1v) is 37.4. The van der Waals surface area contributed by atoms with Gasteiger partial charge < -0.3 is 107 Å². The number of nitrogens with two attached hydrogens (primary N) is 4.